The fourth-order valence-corrected chi connectivity index (χ4v) is 3.61. The fourth-order valence-electron chi connectivity index (χ4n) is 2.06. The third-order valence-corrected chi connectivity index (χ3v) is 5.41. The molecule has 0 bridgehead atoms. The molecule has 0 aliphatic carbocycles. The zero-order valence-electron chi connectivity index (χ0n) is 13.4. The van der Waals surface area contributed by atoms with Gasteiger partial charge in [-0.2, -0.15) is 0 Å². The van der Waals surface area contributed by atoms with Crippen molar-refractivity contribution >= 4 is 38.9 Å². The van der Waals surface area contributed by atoms with Gasteiger partial charge in [-0.15, -0.1) is 0 Å². The summed E-state index contributed by atoms with van der Waals surface area (Å²) in [4.78, 5) is 11.1. The molecule has 0 spiro atoms. The molecule has 0 radical (unpaired) electrons. The van der Waals surface area contributed by atoms with Crippen LogP contribution in [0.15, 0.2) is 47.4 Å². The zero-order valence-corrected chi connectivity index (χ0v) is 15.0. The van der Waals surface area contributed by atoms with Gasteiger partial charge in [0.1, 0.15) is 5.75 Å². The first kappa shape index (κ1) is 18.1. The number of carbonyl (C=O) groups excluding carboxylic acids is 1. The first-order chi connectivity index (χ1) is 11.3. The number of halogens is 1. The molecule has 0 saturated heterocycles. The molecule has 8 heteroatoms. The SMILES string of the molecule is COc1ccc(S(=O)(=O)N(C)c2ccc(NC(C)=O)cc2)cc1Cl. The van der Waals surface area contributed by atoms with Gasteiger partial charge in [-0.05, 0) is 42.5 Å². The van der Waals surface area contributed by atoms with E-state index in [2.05, 4.69) is 5.32 Å². The lowest BCUT2D eigenvalue weighted by atomic mass is 10.3. The Kier molecular flexibility index (Phi) is 5.36. The highest BCUT2D eigenvalue weighted by Crippen LogP contribution is 2.30. The van der Waals surface area contributed by atoms with E-state index in [-0.39, 0.29) is 15.8 Å². The molecule has 128 valence electrons. The van der Waals surface area contributed by atoms with Crippen LogP contribution in [-0.2, 0) is 14.8 Å². The first-order valence-electron chi connectivity index (χ1n) is 6.96. The normalized spacial score (nSPS) is 11.0. The summed E-state index contributed by atoms with van der Waals surface area (Å²) in [7, 11) is -0.868. The van der Waals surface area contributed by atoms with E-state index in [1.807, 2.05) is 0 Å². The van der Waals surface area contributed by atoms with E-state index in [9.17, 15) is 13.2 Å². The van der Waals surface area contributed by atoms with Crippen molar-refractivity contribution in [3.63, 3.8) is 0 Å². The topological polar surface area (TPSA) is 75.7 Å². The Balaban J connectivity index is 2.31. The number of anilines is 2. The second-order valence-corrected chi connectivity index (χ2v) is 7.37. The van der Waals surface area contributed by atoms with Crippen molar-refractivity contribution in [1.82, 2.24) is 0 Å². The lowest BCUT2D eigenvalue weighted by Gasteiger charge is -2.20. The molecule has 2 aromatic rings. The van der Waals surface area contributed by atoms with Crippen LogP contribution >= 0.6 is 11.6 Å². The zero-order chi connectivity index (χ0) is 17.9. The van der Waals surface area contributed by atoms with E-state index in [4.69, 9.17) is 16.3 Å². The van der Waals surface area contributed by atoms with Crippen molar-refractivity contribution in [3.05, 3.63) is 47.5 Å². The highest BCUT2D eigenvalue weighted by atomic mass is 35.5. The minimum atomic E-state index is -3.77. The first-order valence-corrected chi connectivity index (χ1v) is 8.77. The number of methoxy groups -OCH3 is 1. The van der Waals surface area contributed by atoms with Crippen LogP contribution in [0.4, 0.5) is 11.4 Å². The second kappa shape index (κ2) is 7.11. The van der Waals surface area contributed by atoms with Crippen LogP contribution in [0, 0.1) is 0 Å². The van der Waals surface area contributed by atoms with E-state index in [0.717, 1.165) is 4.31 Å². The Morgan fingerprint density at radius 3 is 2.29 bits per heavy atom. The molecule has 2 rings (SSSR count). The van der Waals surface area contributed by atoms with E-state index in [1.165, 1.54) is 39.3 Å². The molecular formula is C16H17ClN2O4S. The summed E-state index contributed by atoms with van der Waals surface area (Å²) in [5.41, 5.74) is 1.04. The molecule has 0 heterocycles. The molecule has 2 aromatic carbocycles. The molecule has 24 heavy (non-hydrogen) atoms. The molecule has 0 atom stereocenters. The number of ether oxygens (including phenoxy) is 1. The third-order valence-electron chi connectivity index (χ3n) is 3.33. The lowest BCUT2D eigenvalue weighted by Crippen LogP contribution is -2.26. The molecule has 0 saturated carbocycles. The second-order valence-electron chi connectivity index (χ2n) is 5.00. The van der Waals surface area contributed by atoms with Crippen LogP contribution in [0.3, 0.4) is 0 Å². The number of carbonyl (C=O) groups is 1. The molecule has 0 fully saturated rings. The average Bonchev–Trinajstić information content (AvgIpc) is 2.54. The number of rotatable bonds is 5. The van der Waals surface area contributed by atoms with E-state index in [0.29, 0.717) is 17.1 Å². The van der Waals surface area contributed by atoms with Crippen molar-refractivity contribution in [2.45, 2.75) is 11.8 Å². The molecular weight excluding hydrogens is 352 g/mol. The third kappa shape index (κ3) is 3.80. The van der Waals surface area contributed by atoms with Gasteiger partial charge in [0.15, 0.2) is 0 Å². The van der Waals surface area contributed by atoms with Crippen LogP contribution in [0.5, 0.6) is 5.75 Å². The highest BCUT2D eigenvalue weighted by Gasteiger charge is 2.22. The smallest absolute Gasteiger partial charge is 0.264 e. The Morgan fingerprint density at radius 2 is 1.79 bits per heavy atom. The number of hydrogen-bond donors (Lipinski definition) is 1. The summed E-state index contributed by atoms with van der Waals surface area (Å²) in [6.07, 6.45) is 0. The minimum absolute atomic E-state index is 0.0572. The Morgan fingerprint density at radius 1 is 1.17 bits per heavy atom. The Hall–Kier alpha value is -2.25. The summed E-state index contributed by atoms with van der Waals surface area (Å²) < 4.78 is 31.6. The monoisotopic (exact) mass is 368 g/mol. The van der Waals surface area contributed by atoms with Gasteiger partial charge in [-0.1, -0.05) is 11.6 Å². The maximum Gasteiger partial charge on any atom is 0.264 e. The van der Waals surface area contributed by atoms with Crippen molar-refractivity contribution in [3.8, 4) is 5.75 Å². The van der Waals surface area contributed by atoms with Crippen LogP contribution in [0.25, 0.3) is 0 Å². The maximum atomic E-state index is 12.7. The van der Waals surface area contributed by atoms with Gasteiger partial charge >= 0.3 is 0 Å². The number of benzene rings is 2. The number of sulfonamides is 1. The van der Waals surface area contributed by atoms with Gasteiger partial charge in [0.25, 0.3) is 10.0 Å². The standard InChI is InChI=1S/C16H17ClN2O4S/c1-11(20)18-12-4-6-13(7-5-12)19(2)24(21,22)14-8-9-16(23-3)15(17)10-14/h4-10H,1-3H3,(H,18,20). The summed E-state index contributed by atoms with van der Waals surface area (Å²) in [5.74, 6) is 0.203. The van der Waals surface area contributed by atoms with Gasteiger partial charge in [0, 0.05) is 19.7 Å². The quantitative estimate of drug-likeness (QED) is 0.879. The van der Waals surface area contributed by atoms with Crippen molar-refractivity contribution < 1.29 is 17.9 Å². The van der Waals surface area contributed by atoms with E-state index < -0.39 is 10.0 Å². The van der Waals surface area contributed by atoms with Crippen LogP contribution in [0.1, 0.15) is 6.92 Å². The number of nitrogens with zero attached hydrogens (tertiary/aromatic N) is 1. The largest absolute Gasteiger partial charge is 0.495 e. The van der Waals surface area contributed by atoms with Crippen molar-refractivity contribution in [2.24, 2.45) is 0 Å². The van der Waals surface area contributed by atoms with Gasteiger partial charge in [-0.25, -0.2) is 8.42 Å². The van der Waals surface area contributed by atoms with Gasteiger partial charge in [0.05, 0.1) is 22.7 Å². The average molecular weight is 369 g/mol. The number of amides is 1. The molecule has 6 nitrogen and oxygen atoms in total. The Labute approximate surface area is 146 Å². The Bertz CT molecular complexity index is 851. The fraction of sp³-hybridized carbons (Fsp3) is 0.188. The lowest BCUT2D eigenvalue weighted by molar-refractivity contribution is -0.114. The van der Waals surface area contributed by atoms with Crippen molar-refractivity contribution in [1.29, 1.82) is 0 Å². The summed E-state index contributed by atoms with van der Waals surface area (Å²) in [5, 5.41) is 2.84. The summed E-state index contributed by atoms with van der Waals surface area (Å²) in [6, 6.07) is 10.7. The predicted molar refractivity (Wildman–Crippen MR) is 94.3 cm³/mol. The van der Waals surface area contributed by atoms with Crippen LogP contribution in [0.2, 0.25) is 5.02 Å². The van der Waals surface area contributed by atoms with Gasteiger partial charge < -0.3 is 10.1 Å². The maximum absolute atomic E-state index is 12.7. The predicted octanol–water partition coefficient (Wildman–Crippen LogP) is 3.13. The van der Waals surface area contributed by atoms with Gasteiger partial charge in [0.2, 0.25) is 5.91 Å². The summed E-state index contributed by atoms with van der Waals surface area (Å²) in [6.45, 7) is 1.40. The molecule has 1 amide bonds. The minimum Gasteiger partial charge on any atom is -0.495 e. The van der Waals surface area contributed by atoms with E-state index >= 15 is 0 Å². The number of hydrogen-bond acceptors (Lipinski definition) is 4. The molecule has 0 aliphatic rings. The highest BCUT2D eigenvalue weighted by molar-refractivity contribution is 7.92. The summed E-state index contributed by atoms with van der Waals surface area (Å²) >= 11 is 6.01. The molecule has 0 unspecified atom stereocenters. The van der Waals surface area contributed by atoms with Gasteiger partial charge in [-0.3, -0.25) is 9.10 Å². The van der Waals surface area contributed by atoms with Crippen LogP contribution < -0.4 is 14.4 Å². The molecule has 0 aliphatic heterocycles. The van der Waals surface area contributed by atoms with Crippen molar-refractivity contribution in [2.75, 3.05) is 23.8 Å². The molecule has 0 aromatic heterocycles. The van der Waals surface area contributed by atoms with E-state index in [1.54, 1.807) is 24.3 Å². The van der Waals surface area contributed by atoms with Crippen LogP contribution in [-0.4, -0.2) is 28.5 Å². The number of nitrogens with one attached hydrogen (secondary N) is 1. The molecule has 1 N–H and O–H groups in total.